The maximum atomic E-state index is 11.2. The monoisotopic (exact) mass is 344 g/mol. The topological polar surface area (TPSA) is 62.5 Å². The highest BCUT2D eigenvalue weighted by molar-refractivity contribution is 6.33. The number of benzene rings is 1. The number of likely N-dealkylation sites (N-methyl/N-ethyl adjacent to an activating group) is 1. The van der Waals surface area contributed by atoms with E-state index in [4.69, 9.17) is 17.3 Å². The summed E-state index contributed by atoms with van der Waals surface area (Å²) in [6.45, 7) is 1.96. The normalized spacial score (nSPS) is 17.6. The van der Waals surface area contributed by atoms with Crippen molar-refractivity contribution in [3.05, 3.63) is 53.2 Å². The van der Waals surface area contributed by atoms with Crippen molar-refractivity contribution < 1.29 is 4.79 Å². The first-order valence-electron chi connectivity index (χ1n) is 8.04. The van der Waals surface area contributed by atoms with Crippen LogP contribution >= 0.6 is 11.6 Å². The Bertz CT molecular complexity index is 722. The molecule has 1 aliphatic rings. The van der Waals surface area contributed by atoms with E-state index in [-0.39, 0.29) is 0 Å². The molecule has 1 aliphatic heterocycles. The number of halogens is 1. The van der Waals surface area contributed by atoms with Gasteiger partial charge in [-0.1, -0.05) is 29.8 Å². The fraction of sp³-hybridized carbons (Fsp3) is 0.333. The molecule has 0 aliphatic carbocycles. The molecule has 0 saturated carbocycles. The van der Waals surface area contributed by atoms with Crippen molar-refractivity contribution in [3.63, 3.8) is 0 Å². The van der Waals surface area contributed by atoms with E-state index in [0.717, 1.165) is 25.9 Å². The summed E-state index contributed by atoms with van der Waals surface area (Å²) in [6.07, 6.45) is 3.67. The number of para-hydroxylation sites is 1. The molecule has 1 aromatic carbocycles. The van der Waals surface area contributed by atoms with Gasteiger partial charge in [-0.2, -0.15) is 0 Å². The maximum Gasteiger partial charge on any atom is 0.250 e. The number of piperidine rings is 1. The van der Waals surface area contributed by atoms with Gasteiger partial charge in [-0.25, -0.2) is 4.98 Å². The molecule has 1 atom stereocenters. The fourth-order valence-corrected chi connectivity index (χ4v) is 3.44. The summed E-state index contributed by atoms with van der Waals surface area (Å²) >= 11 is 6.32. The highest BCUT2D eigenvalue weighted by Crippen LogP contribution is 2.28. The zero-order chi connectivity index (χ0) is 17.1. The van der Waals surface area contributed by atoms with Crippen LogP contribution in [-0.2, 0) is 0 Å². The lowest BCUT2D eigenvalue weighted by molar-refractivity contribution is 0.1000. The number of aromatic nitrogens is 1. The maximum absolute atomic E-state index is 11.2. The van der Waals surface area contributed by atoms with Gasteiger partial charge >= 0.3 is 0 Å². The minimum atomic E-state index is -0.522. The van der Waals surface area contributed by atoms with Crippen molar-refractivity contribution in [1.29, 1.82) is 0 Å². The number of carbonyl (C=O) groups excluding carboxylic acids is 1. The average molecular weight is 345 g/mol. The largest absolute Gasteiger partial charge is 0.369 e. The zero-order valence-electron chi connectivity index (χ0n) is 13.7. The van der Waals surface area contributed by atoms with Crippen LogP contribution < -0.4 is 15.5 Å². The van der Waals surface area contributed by atoms with Gasteiger partial charge in [-0.05, 0) is 31.0 Å². The van der Waals surface area contributed by atoms with Gasteiger partial charge in [-0.3, -0.25) is 4.79 Å². The highest BCUT2D eigenvalue weighted by Gasteiger charge is 2.25. The van der Waals surface area contributed by atoms with E-state index in [2.05, 4.69) is 39.0 Å². The first-order chi connectivity index (χ1) is 11.6. The van der Waals surface area contributed by atoms with Crippen LogP contribution in [0.4, 0.5) is 11.5 Å². The molecule has 1 amide bonds. The van der Waals surface area contributed by atoms with Gasteiger partial charge in [0, 0.05) is 38.1 Å². The Hall–Kier alpha value is -2.27. The van der Waals surface area contributed by atoms with Crippen molar-refractivity contribution in [2.75, 3.05) is 29.9 Å². The summed E-state index contributed by atoms with van der Waals surface area (Å²) in [6, 6.07) is 12.3. The molecule has 1 aromatic heterocycles. The lowest BCUT2D eigenvalue weighted by atomic mass is 10.0. The van der Waals surface area contributed by atoms with E-state index in [1.807, 2.05) is 13.1 Å². The van der Waals surface area contributed by atoms with Gasteiger partial charge in [0.25, 0.3) is 0 Å². The third kappa shape index (κ3) is 3.46. The molecular weight excluding hydrogens is 324 g/mol. The van der Waals surface area contributed by atoms with E-state index in [1.165, 1.54) is 11.9 Å². The Labute approximate surface area is 147 Å². The van der Waals surface area contributed by atoms with E-state index in [1.54, 1.807) is 6.07 Å². The Morgan fingerprint density at radius 2 is 2.12 bits per heavy atom. The number of amides is 1. The Morgan fingerprint density at radius 1 is 1.38 bits per heavy atom. The summed E-state index contributed by atoms with van der Waals surface area (Å²) in [4.78, 5) is 20.1. The number of carbonyl (C=O) groups is 1. The van der Waals surface area contributed by atoms with Gasteiger partial charge in [0.15, 0.2) is 0 Å². The molecule has 3 rings (SSSR count). The van der Waals surface area contributed by atoms with Crippen LogP contribution in [0.25, 0.3) is 0 Å². The molecule has 2 aromatic rings. The second kappa shape index (κ2) is 7.09. The van der Waals surface area contributed by atoms with Crippen LogP contribution in [0.3, 0.4) is 0 Å². The van der Waals surface area contributed by atoms with Gasteiger partial charge in [-0.15, -0.1) is 0 Å². The molecule has 0 spiro atoms. The zero-order valence-corrected chi connectivity index (χ0v) is 14.4. The van der Waals surface area contributed by atoms with Crippen LogP contribution in [0.15, 0.2) is 42.6 Å². The Balaban J connectivity index is 1.77. The summed E-state index contributed by atoms with van der Waals surface area (Å²) in [5, 5.41) is 0.450. The van der Waals surface area contributed by atoms with Crippen molar-refractivity contribution >= 4 is 29.0 Å². The summed E-state index contributed by atoms with van der Waals surface area (Å²) in [5.74, 6) is 0.160. The molecule has 1 unspecified atom stereocenters. The molecule has 6 heteroatoms. The lowest BCUT2D eigenvalue weighted by Crippen LogP contribution is -2.47. The third-order valence-corrected chi connectivity index (χ3v) is 4.78. The SMILES string of the molecule is CN(c1ncc(C(N)=O)cc1Cl)C1CCCN(c2ccccc2)C1. The van der Waals surface area contributed by atoms with E-state index in [9.17, 15) is 4.79 Å². The van der Waals surface area contributed by atoms with E-state index < -0.39 is 5.91 Å². The van der Waals surface area contributed by atoms with Gasteiger partial charge < -0.3 is 15.5 Å². The second-order valence-corrected chi connectivity index (χ2v) is 6.49. The van der Waals surface area contributed by atoms with Crippen LogP contribution in [0.1, 0.15) is 23.2 Å². The molecule has 1 saturated heterocycles. The number of nitrogens with zero attached hydrogens (tertiary/aromatic N) is 3. The van der Waals surface area contributed by atoms with Crippen LogP contribution in [0.5, 0.6) is 0 Å². The predicted octanol–water partition coefficient (Wildman–Crippen LogP) is 2.94. The molecule has 0 radical (unpaired) electrons. The Kier molecular flexibility index (Phi) is 4.90. The van der Waals surface area contributed by atoms with Gasteiger partial charge in [0.1, 0.15) is 5.82 Å². The number of anilines is 2. The summed E-state index contributed by atoms with van der Waals surface area (Å²) in [7, 11) is 2.00. The van der Waals surface area contributed by atoms with Crippen molar-refractivity contribution in [2.24, 2.45) is 5.73 Å². The highest BCUT2D eigenvalue weighted by atomic mass is 35.5. The standard InChI is InChI=1S/C18H21ClN4O/c1-22(18-16(19)10-13(11-21-18)17(20)24)15-8-5-9-23(12-15)14-6-3-2-4-7-14/h2-4,6-7,10-11,15H,5,8-9,12H2,1H3,(H2,20,24). The van der Waals surface area contributed by atoms with Gasteiger partial charge in [0.2, 0.25) is 5.91 Å². The van der Waals surface area contributed by atoms with Crippen LogP contribution in [-0.4, -0.2) is 37.1 Å². The van der Waals surface area contributed by atoms with Gasteiger partial charge in [0.05, 0.1) is 10.6 Å². The number of hydrogen-bond acceptors (Lipinski definition) is 4. The smallest absolute Gasteiger partial charge is 0.250 e. The Morgan fingerprint density at radius 3 is 2.79 bits per heavy atom. The molecular formula is C18H21ClN4O. The summed E-state index contributed by atoms with van der Waals surface area (Å²) < 4.78 is 0. The number of pyridine rings is 1. The van der Waals surface area contributed by atoms with Crippen molar-refractivity contribution in [3.8, 4) is 0 Å². The number of nitrogens with two attached hydrogens (primary N) is 1. The van der Waals surface area contributed by atoms with E-state index in [0.29, 0.717) is 22.4 Å². The second-order valence-electron chi connectivity index (χ2n) is 6.08. The first-order valence-corrected chi connectivity index (χ1v) is 8.42. The molecule has 24 heavy (non-hydrogen) atoms. The molecule has 126 valence electrons. The van der Waals surface area contributed by atoms with Crippen molar-refractivity contribution in [2.45, 2.75) is 18.9 Å². The summed E-state index contributed by atoms with van der Waals surface area (Å²) in [5.41, 5.74) is 6.84. The molecule has 0 bridgehead atoms. The fourth-order valence-electron chi connectivity index (χ4n) is 3.14. The molecule has 2 heterocycles. The number of rotatable bonds is 4. The minimum absolute atomic E-state index is 0.309. The lowest BCUT2D eigenvalue weighted by Gasteiger charge is -2.39. The molecule has 5 nitrogen and oxygen atoms in total. The van der Waals surface area contributed by atoms with Crippen LogP contribution in [0, 0.1) is 0 Å². The average Bonchev–Trinajstić information content (AvgIpc) is 2.62. The minimum Gasteiger partial charge on any atom is -0.369 e. The first kappa shape index (κ1) is 16.6. The molecule has 1 fully saturated rings. The number of hydrogen-bond donors (Lipinski definition) is 1. The number of primary amides is 1. The van der Waals surface area contributed by atoms with E-state index >= 15 is 0 Å². The van der Waals surface area contributed by atoms with Crippen molar-refractivity contribution in [1.82, 2.24) is 4.98 Å². The molecule has 2 N–H and O–H groups in total. The van der Waals surface area contributed by atoms with Crippen LogP contribution in [0.2, 0.25) is 5.02 Å². The predicted molar refractivity (Wildman–Crippen MR) is 97.8 cm³/mol. The third-order valence-electron chi connectivity index (χ3n) is 4.51. The quantitative estimate of drug-likeness (QED) is 0.926.